The molecule has 0 saturated carbocycles. The molecule has 0 unspecified atom stereocenters. The quantitative estimate of drug-likeness (QED) is 0.257. The van der Waals surface area contributed by atoms with Gasteiger partial charge in [0.1, 0.15) is 0 Å². The Labute approximate surface area is 214 Å². The second kappa shape index (κ2) is 9.40. The van der Waals surface area contributed by atoms with Crippen LogP contribution >= 0.6 is 0 Å². The summed E-state index contributed by atoms with van der Waals surface area (Å²) in [5, 5.41) is 0. The summed E-state index contributed by atoms with van der Waals surface area (Å²) in [4.78, 5) is 25.1. The summed E-state index contributed by atoms with van der Waals surface area (Å²) in [6.45, 7) is 11.2. The molecule has 0 atom stereocenters. The van der Waals surface area contributed by atoms with E-state index in [1.165, 1.54) is 6.33 Å². The molecule has 1 aromatic carbocycles. The van der Waals surface area contributed by atoms with E-state index in [-0.39, 0.29) is 32.4 Å². The van der Waals surface area contributed by atoms with Crippen molar-refractivity contribution in [3.05, 3.63) is 102 Å². The summed E-state index contributed by atoms with van der Waals surface area (Å²) in [6, 6.07) is 15.2. The van der Waals surface area contributed by atoms with Crippen molar-refractivity contribution in [1.29, 1.82) is 0 Å². The van der Waals surface area contributed by atoms with Crippen LogP contribution in [0.15, 0.2) is 54.9 Å². The Morgan fingerprint density at radius 3 is 2.51 bits per heavy atom. The van der Waals surface area contributed by atoms with Gasteiger partial charge >= 0.3 is 21.1 Å². The molecule has 5 aromatic rings. The molecule has 0 spiro atoms. The van der Waals surface area contributed by atoms with Gasteiger partial charge in [0.15, 0.2) is 6.33 Å². The van der Waals surface area contributed by atoms with Gasteiger partial charge in [-0.15, -0.1) is 17.1 Å². The van der Waals surface area contributed by atoms with Gasteiger partial charge in [-0.3, -0.25) is 18.7 Å². The maximum atomic E-state index is 14.3. The van der Waals surface area contributed by atoms with Crippen LogP contribution in [0.2, 0.25) is 0 Å². The zero-order valence-electron chi connectivity index (χ0n) is 18.4. The minimum absolute atomic E-state index is 0. The Morgan fingerprint density at radius 2 is 1.77 bits per heavy atom. The predicted octanol–water partition coefficient (Wildman–Crippen LogP) is 5.03. The van der Waals surface area contributed by atoms with E-state index in [0.717, 1.165) is 12.1 Å². The molecule has 0 aliphatic carbocycles. The van der Waals surface area contributed by atoms with E-state index in [1.807, 2.05) is 32.0 Å². The fourth-order valence-electron chi connectivity index (χ4n) is 3.60. The van der Waals surface area contributed by atoms with Crippen LogP contribution in [0.5, 0.6) is 0 Å². The summed E-state index contributed by atoms with van der Waals surface area (Å²) in [5.41, 5.74) is 1.86. The molecule has 0 radical (unpaired) electrons. The molecule has 174 valence electrons. The standard InChI is InChI=1S/C25H15F2N7.Pt/c1-25(2,19-7-4-6-18(32-19)16-11-10-15(26)12-17(16)27)20-8-5-9-21(33-20)34-14-31-22-23(28-3)29-13-30-24(22)34;/h4-10,12-13H,1-2H3;/q-2;+2. The first kappa shape index (κ1) is 24.2. The monoisotopic (exact) mass is 646 g/mol. The van der Waals surface area contributed by atoms with Crippen molar-refractivity contribution < 1.29 is 29.8 Å². The number of fused-ring (bicyclic) bond motifs is 1. The summed E-state index contributed by atoms with van der Waals surface area (Å²) >= 11 is 0. The molecule has 0 bridgehead atoms. The number of pyridine rings is 2. The van der Waals surface area contributed by atoms with Crippen molar-refractivity contribution in [1.82, 2.24) is 29.5 Å². The van der Waals surface area contributed by atoms with Crippen LogP contribution in [0.25, 0.3) is 33.1 Å². The number of rotatable bonds is 4. The molecule has 4 heterocycles. The number of benzene rings is 1. The van der Waals surface area contributed by atoms with Crippen LogP contribution < -0.4 is 0 Å². The number of hydrogen-bond acceptors (Lipinski definition) is 5. The molecule has 10 heteroatoms. The molecule has 0 aliphatic heterocycles. The van der Waals surface area contributed by atoms with Gasteiger partial charge in [-0.2, -0.15) is 0 Å². The Hall–Kier alpha value is -3.89. The number of nitrogens with zero attached hydrogens (tertiary/aromatic N) is 7. The topological polar surface area (TPSA) is 73.7 Å². The average molecular weight is 647 g/mol. The van der Waals surface area contributed by atoms with E-state index in [4.69, 9.17) is 11.6 Å². The van der Waals surface area contributed by atoms with E-state index in [1.54, 1.807) is 22.8 Å². The second-order valence-electron chi connectivity index (χ2n) is 7.98. The van der Waals surface area contributed by atoms with Gasteiger partial charge in [0.2, 0.25) is 5.82 Å². The molecule has 4 aromatic heterocycles. The first-order valence-electron chi connectivity index (χ1n) is 10.2. The van der Waals surface area contributed by atoms with Gasteiger partial charge in [0.05, 0.1) is 5.82 Å². The average Bonchev–Trinajstić information content (AvgIpc) is 3.29. The SMILES string of the molecule is [C-]#[N+]c1ncnc2c1n[c-]n2-c1cccc(C(C)(C)c2cccc(-c3[c-]cc(F)cc3F)n2)n1.[Pt+2]. The van der Waals surface area contributed by atoms with E-state index in [9.17, 15) is 8.78 Å². The fraction of sp³-hybridized carbons (Fsp3) is 0.120. The molecule has 5 rings (SSSR count). The van der Waals surface area contributed by atoms with Crippen molar-refractivity contribution >= 4 is 17.0 Å². The largest absolute Gasteiger partial charge is 2.00 e. The maximum absolute atomic E-state index is 14.3. The van der Waals surface area contributed by atoms with E-state index < -0.39 is 17.0 Å². The van der Waals surface area contributed by atoms with Crippen LogP contribution in [0.3, 0.4) is 0 Å². The summed E-state index contributed by atoms with van der Waals surface area (Å²) in [6.07, 6.45) is 4.13. The van der Waals surface area contributed by atoms with Crippen LogP contribution in [0, 0.1) is 30.6 Å². The molecule has 0 aliphatic rings. The smallest absolute Gasteiger partial charge is 0.397 e. The van der Waals surface area contributed by atoms with Crippen molar-refractivity contribution in [2.45, 2.75) is 19.3 Å². The summed E-state index contributed by atoms with van der Waals surface area (Å²) in [7, 11) is 0. The van der Waals surface area contributed by atoms with Crippen molar-refractivity contribution in [2.24, 2.45) is 0 Å². The van der Waals surface area contributed by atoms with Crippen molar-refractivity contribution in [3.63, 3.8) is 0 Å². The second-order valence-corrected chi connectivity index (χ2v) is 7.98. The third kappa shape index (κ3) is 4.33. The van der Waals surface area contributed by atoms with E-state index in [2.05, 4.69) is 37.2 Å². The molecule has 0 N–H and O–H groups in total. The third-order valence-electron chi connectivity index (χ3n) is 5.47. The number of hydrogen-bond donors (Lipinski definition) is 0. The van der Waals surface area contributed by atoms with Gasteiger partial charge in [0, 0.05) is 45.9 Å². The molecule has 0 fully saturated rings. The van der Waals surface area contributed by atoms with Crippen LogP contribution in [-0.2, 0) is 26.5 Å². The fourth-order valence-corrected chi connectivity index (χ4v) is 3.60. The van der Waals surface area contributed by atoms with Crippen LogP contribution in [-0.4, -0.2) is 29.5 Å². The number of imidazole rings is 1. The molecular formula is C25H15F2N7Pt. The Kier molecular flexibility index (Phi) is 6.51. The zero-order valence-corrected chi connectivity index (χ0v) is 20.7. The normalized spacial score (nSPS) is 11.2. The third-order valence-corrected chi connectivity index (χ3v) is 5.47. The van der Waals surface area contributed by atoms with Gasteiger partial charge in [-0.25, -0.2) is 0 Å². The van der Waals surface area contributed by atoms with Crippen LogP contribution in [0.1, 0.15) is 25.2 Å². The first-order chi connectivity index (χ1) is 16.4. The summed E-state index contributed by atoms with van der Waals surface area (Å²) in [5.74, 6) is -0.777. The summed E-state index contributed by atoms with van der Waals surface area (Å²) < 4.78 is 29.2. The molecule has 7 nitrogen and oxygen atoms in total. The number of halogens is 2. The Bertz CT molecular complexity index is 1590. The Morgan fingerprint density at radius 1 is 1.03 bits per heavy atom. The van der Waals surface area contributed by atoms with Gasteiger partial charge in [0.25, 0.3) is 0 Å². The van der Waals surface area contributed by atoms with Crippen molar-refractivity contribution in [2.75, 3.05) is 0 Å². The molecular weight excluding hydrogens is 631 g/mol. The van der Waals surface area contributed by atoms with Gasteiger partial charge < -0.3 is 19.4 Å². The minimum Gasteiger partial charge on any atom is -0.397 e. The molecule has 35 heavy (non-hydrogen) atoms. The van der Waals surface area contributed by atoms with Gasteiger partial charge in [-0.05, 0) is 31.7 Å². The molecule has 0 saturated heterocycles. The number of aromatic nitrogens is 6. The maximum Gasteiger partial charge on any atom is 2.00 e. The predicted molar refractivity (Wildman–Crippen MR) is 120 cm³/mol. The van der Waals surface area contributed by atoms with E-state index >= 15 is 0 Å². The minimum atomic E-state index is -0.731. The first-order valence-corrected chi connectivity index (χ1v) is 10.2. The Balaban J connectivity index is 0.00000289. The van der Waals surface area contributed by atoms with E-state index in [0.29, 0.717) is 34.1 Å². The van der Waals surface area contributed by atoms with Gasteiger partial charge in [-0.1, -0.05) is 42.5 Å². The zero-order chi connectivity index (χ0) is 23.9. The van der Waals surface area contributed by atoms with Crippen molar-refractivity contribution in [3.8, 4) is 17.1 Å². The van der Waals surface area contributed by atoms with Crippen LogP contribution in [0.4, 0.5) is 14.6 Å². The molecule has 0 amide bonds.